The summed E-state index contributed by atoms with van der Waals surface area (Å²) in [6.07, 6.45) is 3.06. The van der Waals surface area contributed by atoms with Crippen LogP contribution in [0.5, 0.6) is 0 Å². The highest BCUT2D eigenvalue weighted by Crippen LogP contribution is 2.10. The molecule has 0 N–H and O–H groups in total. The monoisotopic (exact) mass is 236 g/mol. The Morgan fingerprint density at radius 2 is 2.06 bits per heavy atom. The van der Waals surface area contributed by atoms with Crippen molar-refractivity contribution in [3.63, 3.8) is 0 Å². The van der Waals surface area contributed by atoms with Gasteiger partial charge < -0.3 is 9.32 Å². The summed E-state index contributed by atoms with van der Waals surface area (Å²) in [4.78, 5) is 16.4. The van der Waals surface area contributed by atoms with E-state index in [4.69, 9.17) is 4.42 Å². The summed E-state index contributed by atoms with van der Waals surface area (Å²) in [5.41, 5.74) is 0.655. The second-order valence-corrected chi connectivity index (χ2v) is 5.00. The Bertz CT molecular complexity index is 352. The highest BCUT2D eigenvalue weighted by molar-refractivity contribution is 5.93. The fraction of sp³-hybridized carbons (Fsp3) is 0.615. The van der Waals surface area contributed by atoms with Gasteiger partial charge in [-0.3, -0.25) is 9.69 Å². The number of carbonyl (C=O) groups is 1. The van der Waals surface area contributed by atoms with E-state index in [0.717, 1.165) is 32.7 Å². The maximum Gasteiger partial charge on any atom is 0.257 e. The van der Waals surface area contributed by atoms with Crippen molar-refractivity contribution >= 4 is 5.91 Å². The summed E-state index contributed by atoms with van der Waals surface area (Å²) in [5, 5.41) is 0. The van der Waals surface area contributed by atoms with Crippen LogP contribution in [0.2, 0.25) is 0 Å². The minimum Gasteiger partial charge on any atom is -0.472 e. The SMILES string of the molecule is CC(C)CN1CCN(C(=O)c2ccoc2)CC1. The summed E-state index contributed by atoms with van der Waals surface area (Å²) < 4.78 is 4.94. The van der Waals surface area contributed by atoms with Crippen LogP contribution >= 0.6 is 0 Å². The fourth-order valence-electron chi connectivity index (χ4n) is 2.22. The Labute approximate surface area is 102 Å². The molecule has 1 amide bonds. The van der Waals surface area contributed by atoms with Crippen molar-refractivity contribution in [2.75, 3.05) is 32.7 Å². The smallest absolute Gasteiger partial charge is 0.257 e. The van der Waals surface area contributed by atoms with Crippen LogP contribution in [0.4, 0.5) is 0 Å². The Kier molecular flexibility index (Phi) is 3.84. The van der Waals surface area contributed by atoms with Gasteiger partial charge in [-0.2, -0.15) is 0 Å². The van der Waals surface area contributed by atoms with Crippen LogP contribution in [0.15, 0.2) is 23.0 Å². The van der Waals surface area contributed by atoms with Crippen molar-refractivity contribution in [3.05, 3.63) is 24.2 Å². The molecule has 2 heterocycles. The Balaban J connectivity index is 1.85. The molecule has 0 unspecified atom stereocenters. The number of amides is 1. The molecule has 1 aromatic heterocycles. The summed E-state index contributed by atoms with van der Waals surface area (Å²) in [6, 6.07) is 1.73. The van der Waals surface area contributed by atoms with E-state index in [0.29, 0.717) is 11.5 Å². The number of nitrogens with zero attached hydrogens (tertiary/aromatic N) is 2. The van der Waals surface area contributed by atoms with Gasteiger partial charge in [0, 0.05) is 32.7 Å². The van der Waals surface area contributed by atoms with Crippen LogP contribution in [0, 0.1) is 5.92 Å². The molecule has 0 atom stereocenters. The molecule has 1 aliphatic heterocycles. The van der Waals surface area contributed by atoms with E-state index in [1.165, 1.54) is 6.26 Å². The van der Waals surface area contributed by atoms with Crippen molar-refractivity contribution in [3.8, 4) is 0 Å². The highest BCUT2D eigenvalue weighted by atomic mass is 16.3. The van der Waals surface area contributed by atoms with Crippen molar-refractivity contribution in [1.29, 1.82) is 0 Å². The number of hydrogen-bond donors (Lipinski definition) is 0. The van der Waals surface area contributed by atoms with Crippen LogP contribution in [0.3, 0.4) is 0 Å². The number of hydrogen-bond acceptors (Lipinski definition) is 3. The topological polar surface area (TPSA) is 36.7 Å². The second-order valence-electron chi connectivity index (χ2n) is 5.00. The van der Waals surface area contributed by atoms with Gasteiger partial charge in [0.25, 0.3) is 5.91 Å². The molecule has 1 aromatic rings. The Morgan fingerprint density at radius 3 is 2.59 bits per heavy atom. The Hall–Kier alpha value is -1.29. The first-order chi connectivity index (χ1) is 8.16. The van der Waals surface area contributed by atoms with Crippen molar-refractivity contribution in [2.24, 2.45) is 5.92 Å². The zero-order valence-electron chi connectivity index (χ0n) is 10.6. The standard InChI is InChI=1S/C13H20N2O2/c1-11(2)9-14-4-6-15(7-5-14)13(16)12-3-8-17-10-12/h3,8,10-11H,4-7,9H2,1-2H3. The van der Waals surface area contributed by atoms with Gasteiger partial charge >= 0.3 is 0 Å². The summed E-state index contributed by atoms with van der Waals surface area (Å²) in [7, 11) is 0. The highest BCUT2D eigenvalue weighted by Gasteiger charge is 2.22. The second kappa shape index (κ2) is 5.36. The minimum absolute atomic E-state index is 0.0861. The molecule has 2 rings (SSSR count). The van der Waals surface area contributed by atoms with Gasteiger partial charge in [-0.05, 0) is 12.0 Å². The van der Waals surface area contributed by atoms with Crippen molar-refractivity contribution in [1.82, 2.24) is 9.80 Å². The zero-order chi connectivity index (χ0) is 12.3. The minimum atomic E-state index is 0.0861. The van der Waals surface area contributed by atoms with E-state index in [1.54, 1.807) is 12.3 Å². The Morgan fingerprint density at radius 1 is 1.35 bits per heavy atom. The third-order valence-corrected chi connectivity index (χ3v) is 3.05. The normalized spacial score (nSPS) is 17.7. The third-order valence-electron chi connectivity index (χ3n) is 3.05. The zero-order valence-corrected chi connectivity index (χ0v) is 10.6. The first kappa shape index (κ1) is 12.2. The lowest BCUT2D eigenvalue weighted by Crippen LogP contribution is -2.49. The van der Waals surface area contributed by atoms with Gasteiger partial charge in [0.05, 0.1) is 11.8 Å². The first-order valence-electron chi connectivity index (χ1n) is 6.20. The van der Waals surface area contributed by atoms with E-state index >= 15 is 0 Å². The van der Waals surface area contributed by atoms with E-state index in [-0.39, 0.29) is 5.91 Å². The van der Waals surface area contributed by atoms with Gasteiger partial charge in [-0.1, -0.05) is 13.8 Å². The van der Waals surface area contributed by atoms with Gasteiger partial charge in [0.15, 0.2) is 0 Å². The van der Waals surface area contributed by atoms with Gasteiger partial charge in [0.1, 0.15) is 6.26 Å². The maximum absolute atomic E-state index is 12.0. The number of rotatable bonds is 3. The van der Waals surface area contributed by atoms with Gasteiger partial charge in [-0.25, -0.2) is 0 Å². The molecule has 0 bridgehead atoms. The molecule has 17 heavy (non-hydrogen) atoms. The summed E-state index contributed by atoms with van der Waals surface area (Å²) in [6.45, 7) is 9.15. The van der Waals surface area contributed by atoms with Gasteiger partial charge in [0.2, 0.25) is 0 Å². The maximum atomic E-state index is 12.0. The largest absolute Gasteiger partial charge is 0.472 e. The molecule has 94 valence electrons. The van der Waals surface area contributed by atoms with Crippen LogP contribution in [-0.2, 0) is 0 Å². The molecule has 4 nitrogen and oxygen atoms in total. The molecule has 1 saturated heterocycles. The van der Waals surface area contributed by atoms with Crippen LogP contribution in [-0.4, -0.2) is 48.4 Å². The number of carbonyl (C=O) groups excluding carboxylic acids is 1. The number of piperazine rings is 1. The molecular formula is C13H20N2O2. The van der Waals surface area contributed by atoms with E-state index < -0.39 is 0 Å². The molecule has 1 fully saturated rings. The average molecular weight is 236 g/mol. The van der Waals surface area contributed by atoms with E-state index in [1.807, 2.05) is 4.90 Å². The molecule has 0 radical (unpaired) electrons. The quantitative estimate of drug-likeness (QED) is 0.801. The lowest BCUT2D eigenvalue weighted by molar-refractivity contribution is 0.0623. The molecule has 0 spiro atoms. The lowest BCUT2D eigenvalue weighted by Gasteiger charge is -2.35. The van der Waals surface area contributed by atoms with E-state index in [2.05, 4.69) is 18.7 Å². The first-order valence-corrected chi connectivity index (χ1v) is 6.20. The molecular weight excluding hydrogens is 216 g/mol. The molecule has 4 heteroatoms. The number of furan rings is 1. The predicted octanol–water partition coefficient (Wildman–Crippen LogP) is 1.69. The summed E-state index contributed by atoms with van der Waals surface area (Å²) >= 11 is 0. The third kappa shape index (κ3) is 3.09. The average Bonchev–Trinajstić information content (AvgIpc) is 2.82. The molecule has 1 aliphatic rings. The van der Waals surface area contributed by atoms with Crippen molar-refractivity contribution < 1.29 is 9.21 Å². The fourth-order valence-corrected chi connectivity index (χ4v) is 2.22. The van der Waals surface area contributed by atoms with Gasteiger partial charge in [-0.15, -0.1) is 0 Å². The molecule has 0 aliphatic carbocycles. The van der Waals surface area contributed by atoms with Crippen LogP contribution in [0.25, 0.3) is 0 Å². The molecule has 0 saturated carbocycles. The molecule has 0 aromatic carbocycles. The van der Waals surface area contributed by atoms with Crippen molar-refractivity contribution in [2.45, 2.75) is 13.8 Å². The van der Waals surface area contributed by atoms with E-state index in [9.17, 15) is 4.79 Å². The lowest BCUT2D eigenvalue weighted by atomic mass is 10.2. The predicted molar refractivity (Wildman–Crippen MR) is 65.9 cm³/mol. The van der Waals surface area contributed by atoms with Crippen LogP contribution < -0.4 is 0 Å². The summed E-state index contributed by atoms with van der Waals surface area (Å²) in [5.74, 6) is 0.772. The van der Waals surface area contributed by atoms with Crippen LogP contribution in [0.1, 0.15) is 24.2 Å².